The van der Waals surface area contributed by atoms with Crippen molar-refractivity contribution in [1.29, 1.82) is 0 Å². The Bertz CT molecular complexity index is 687. The summed E-state index contributed by atoms with van der Waals surface area (Å²) in [4.78, 5) is 23.0. The summed E-state index contributed by atoms with van der Waals surface area (Å²) in [5.41, 5.74) is 0.389. The van der Waals surface area contributed by atoms with Gasteiger partial charge in [-0.05, 0) is 31.5 Å². The number of carbonyl (C=O) groups is 2. The maximum atomic E-state index is 12.6. The molecule has 1 saturated heterocycles. The van der Waals surface area contributed by atoms with Crippen LogP contribution in [-0.4, -0.2) is 37.1 Å². The molecular formula is C12H13ClN2O4S. The van der Waals surface area contributed by atoms with Crippen LogP contribution in [0.4, 0.5) is 0 Å². The summed E-state index contributed by atoms with van der Waals surface area (Å²) in [7, 11) is -3.96. The molecule has 1 N–H and O–H groups in total. The van der Waals surface area contributed by atoms with Crippen LogP contribution in [0.1, 0.15) is 12.5 Å². The van der Waals surface area contributed by atoms with E-state index in [4.69, 9.17) is 11.6 Å². The van der Waals surface area contributed by atoms with E-state index in [0.717, 1.165) is 4.31 Å². The lowest BCUT2D eigenvalue weighted by Gasteiger charge is -2.31. The van der Waals surface area contributed by atoms with Crippen LogP contribution in [0.5, 0.6) is 0 Å². The van der Waals surface area contributed by atoms with Gasteiger partial charge in [-0.15, -0.1) is 0 Å². The van der Waals surface area contributed by atoms with E-state index < -0.39 is 27.9 Å². The Morgan fingerprint density at radius 2 is 2.00 bits per heavy atom. The first-order chi connectivity index (χ1) is 9.25. The molecule has 0 aromatic heterocycles. The minimum atomic E-state index is -3.96. The fraction of sp³-hybridized carbons (Fsp3) is 0.333. The third-order valence-corrected chi connectivity index (χ3v) is 5.65. The maximum Gasteiger partial charge on any atom is 0.244 e. The third-order valence-electron chi connectivity index (χ3n) is 3.18. The minimum absolute atomic E-state index is 0.000602. The summed E-state index contributed by atoms with van der Waals surface area (Å²) in [5, 5.41) is 2.41. The van der Waals surface area contributed by atoms with Crippen molar-refractivity contribution < 1.29 is 18.0 Å². The van der Waals surface area contributed by atoms with Gasteiger partial charge in [-0.2, -0.15) is 4.31 Å². The Kier molecular flexibility index (Phi) is 3.86. The molecule has 1 heterocycles. The number of amides is 2. The quantitative estimate of drug-likeness (QED) is 0.813. The normalized spacial score (nSPS) is 20.9. The van der Waals surface area contributed by atoms with Crippen molar-refractivity contribution in [3.8, 4) is 0 Å². The van der Waals surface area contributed by atoms with Crippen LogP contribution in [0, 0.1) is 6.92 Å². The van der Waals surface area contributed by atoms with Crippen molar-refractivity contribution in [3.05, 3.63) is 28.8 Å². The molecule has 1 atom stereocenters. The molecule has 1 aliphatic rings. The molecule has 0 saturated carbocycles. The van der Waals surface area contributed by atoms with Gasteiger partial charge in [0.1, 0.15) is 6.04 Å². The molecule has 20 heavy (non-hydrogen) atoms. The molecule has 0 aliphatic carbocycles. The maximum absolute atomic E-state index is 12.6. The van der Waals surface area contributed by atoms with Crippen LogP contribution >= 0.6 is 11.6 Å². The standard InChI is InChI=1S/C12H13ClN2O4S/c1-7-9(13)4-3-5-10(7)20(18,19)15-6-11(16)14-12(17)8(15)2/h3-5,8H,6H2,1-2H3,(H,14,16,17). The number of carbonyl (C=O) groups excluding carboxylic acids is 2. The molecule has 108 valence electrons. The molecule has 6 nitrogen and oxygen atoms in total. The largest absolute Gasteiger partial charge is 0.294 e. The predicted octanol–water partition coefficient (Wildman–Crippen LogP) is 0.684. The number of nitrogens with zero attached hydrogens (tertiary/aromatic N) is 1. The zero-order valence-electron chi connectivity index (χ0n) is 10.9. The van der Waals surface area contributed by atoms with Gasteiger partial charge in [0, 0.05) is 5.02 Å². The minimum Gasteiger partial charge on any atom is -0.294 e. The Balaban J connectivity index is 2.52. The number of halogens is 1. The first-order valence-electron chi connectivity index (χ1n) is 5.86. The van der Waals surface area contributed by atoms with Gasteiger partial charge in [-0.3, -0.25) is 14.9 Å². The molecule has 1 aromatic carbocycles. The van der Waals surface area contributed by atoms with E-state index in [-0.39, 0.29) is 11.4 Å². The molecule has 2 rings (SSSR count). The van der Waals surface area contributed by atoms with Gasteiger partial charge < -0.3 is 0 Å². The lowest BCUT2D eigenvalue weighted by atomic mass is 10.2. The molecule has 1 aliphatic heterocycles. The second kappa shape index (κ2) is 5.16. The fourth-order valence-electron chi connectivity index (χ4n) is 1.98. The molecular weight excluding hydrogens is 304 g/mol. The van der Waals surface area contributed by atoms with Crippen LogP contribution in [0.25, 0.3) is 0 Å². The van der Waals surface area contributed by atoms with Crippen LogP contribution in [-0.2, 0) is 19.6 Å². The van der Waals surface area contributed by atoms with Gasteiger partial charge in [-0.1, -0.05) is 17.7 Å². The monoisotopic (exact) mass is 316 g/mol. The van der Waals surface area contributed by atoms with E-state index in [1.54, 1.807) is 13.0 Å². The van der Waals surface area contributed by atoms with E-state index in [0.29, 0.717) is 10.6 Å². The highest BCUT2D eigenvalue weighted by Gasteiger charge is 2.39. The number of imide groups is 1. The highest BCUT2D eigenvalue weighted by atomic mass is 35.5. The molecule has 0 radical (unpaired) electrons. The van der Waals surface area contributed by atoms with Crippen LogP contribution < -0.4 is 5.32 Å². The van der Waals surface area contributed by atoms with Crippen LogP contribution in [0.15, 0.2) is 23.1 Å². The van der Waals surface area contributed by atoms with E-state index >= 15 is 0 Å². The average molecular weight is 317 g/mol. The molecule has 1 aromatic rings. The number of nitrogens with one attached hydrogen (secondary N) is 1. The number of benzene rings is 1. The van der Waals surface area contributed by atoms with E-state index in [2.05, 4.69) is 5.32 Å². The summed E-state index contributed by atoms with van der Waals surface area (Å²) in [6.45, 7) is 2.62. The first-order valence-corrected chi connectivity index (χ1v) is 7.67. The summed E-state index contributed by atoms with van der Waals surface area (Å²) in [6.07, 6.45) is 0. The van der Waals surface area contributed by atoms with Crippen LogP contribution in [0.3, 0.4) is 0 Å². The average Bonchev–Trinajstić information content (AvgIpc) is 2.36. The molecule has 1 fully saturated rings. The zero-order valence-corrected chi connectivity index (χ0v) is 12.5. The fourth-order valence-corrected chi connectivity index (χ4v) is 4.01. The summed E-state index contributed by atoms with van der Waals surface area (Å²) in [5.74, 6) is -1.28. The second-order valence-electron chi connectivity index (χ2n) is 4.50. The van der Waals surface area contributed by atoms with E-state index in [1.807, 2.05) is 0 Å². The van der Waals surface area contributed by atoms with Crippen LogP contribution in [0.2, 0.25) is 5.02 Å². The van der Waals surface area contributed by atoms with Gasteiger partial charge in [0.2, 0.25) is 21.8 Å². The Hall–Kier alpha value is -1.44. The molecule has 8 heteroatoms. The first kappa shape index (κ1) is 15.0. The van der Waals surface area contributed by atoms with E-state index in [9.17, 15) is 18.0 Å². The Morgan fingerprint density at radius 1 is 1.35 bits per heavy atom. The molecule has 0 spiro atoms. The highest BCUT2D eigenvalue weighted by Crippen LogP contribution is 2.27. The highest BCUT2D eigenvalue weighted by molar-refractivity contribution is 7.89. The third kappa shape index (κ3) is 2.44. The summed E-state index contributed by atoms with van der Waals surface area (Å²) in [6, 6.07) is 3.54. The predicted molar refractivity (Wildman–Crippen MR) is 72.7 cm³/mol. The van der Waals surface area contributed by atoms with E-state index in [1.165, 1.54) is 19.1 Å². The Labute approximate surface area is 121 Å². The van der Waals surface area contributed by atoms with Gasteiger partial charge in [0.15, 0.2) is 0 Å². The lowest BCUT2D eigenvalue weighted by molar-refractivity contribution is -0.136. The number of hydrogen-bond acceptors (Lipinski definition) is 4. The second-order valence-corrected chi connectivity index (χ2v) is 6.77. The topological polar surface area (TPSA) is 83.6 Å². The van der Waals surface area contributed by atoms with Gasteiger partial charge >= 0.3 is 0 Å². The number of hydrogen-bond donors (Lipinski definition) is 1. The van der Waals surface area contributed by atoms with Crippen molar-refractivity contribution in [1.82, 2.24) is 9.62 Å². The van der Waals surface area contributed by atoms with Crippen molar-refractivity contribution in [2.45, 2.75) is 24.8 Å². The van der Waals surface area contributed by atoms with Gasteiger partial charge in [-0.25, -0.2) is 8.42 Å². The lowest BCUT2D eigenvalue weighted by Crippen LogP contribution is -2.58. The Morgan fingerprint density at radius 3 is 2.65 bits per heavy atom. The number of piperazine rings is 1. The molecule has 2 amide bonds. The van der Waals surface area contributed by atoms with Gasteiger partial charge in [0.25, 0.3) is 0 Å². The number of sulfonamides is 1. The number of rotatable bonds is 2. The zero-order chi connectivity index (χ0) is 15.1. The SMILES string of the molecule is Cc1c(Cl)cccc1S(=O)(=O)N1CC(=O)NC(=O)C1C. The van der Waals surface area contributed by atoms with Crippen molar-refractivity contribution >= 4 is 33.4 Å². The van der Waals surface area contributed by atoms with Gasteiger partial charge in [0.05, 0.1) is 11.4 Å². The summed E-state index contributed by atoms with van der Waals surface area (Å²) >= 11 is 5.92. The molecule has 0 bridgehead atoms. The van der Waals surface area contributed by atoms with Crippen molar-refractivity contribution in [2.75, 3.05) is 6.54 Å². The summed E-state index contributed by atoms with van der Waals surface area (Å²) < 4.78 is 26.1. The van der Waals surface area contributed by atoms with Crippen molar-refractivity contribution in [3.63, 3.8) is 0 Å². The van der Waals surface area contributed by atoms with Crippen molar-refractivity contribution in [2.24, 2.45) is 0 Å². The smallest absolute Gasteiger partial charge is 0.244 e. The molecule has 1 unspecified atom stereocenters.